The van der Waals surface area contributed by atoms with Crippen molar-refractivity contribution in [1.29, 1.82) is 5.26 Å². The lowest BCUT2D eigenvalue weighted by molar-refractivity contribution is -0.117. The molecule has 7 nitrogen and oxygen atoms in total. The number of alkyl carbamates (subject to hydrolysis) is 1. The second-order valence-electron chi connectivity index (χ2n) is 8.72. The van der Waals surface area contributed by atoms with Crippen LogP contribution in [0.25, 0.3) is 0 Å². The fourth-order valence-electron chi connectivity index (χ4n) is 3.50. The molecule has 168 valence electrons. The number of nitrogens with one attached hydrogen (secondary N) is 3. The van der Waals surface area contributed by atoms with Crippen molar-refractivity contribution >= 4 is 12.0 Å². The Bertz CT molecular complexity index is 849. The van der Waals surface area contributed by atoms with Crippen LogP contribution >= 0.6 is 0 Å². The molecular formula is C24H34N4O3. The van der Waals surface area contributed by atoms with E-state index >= 15 is 0 Å². The molecule has 0 saturated heterocycles. The van der Waals surface area contributed by atoms with Crippen LogP contribution in [0.2, 0.25) is 0 Å². The van der Waals surface area contributed by atoms with Gasteiger partial charge in [-0.1, -0.05) is 25.1 Å². The van der Waals surface area contributed by atoms with Gasteiger partial charge in [0.1, 0.15) is 17.2 Å². The molecule has 1 aromatic carbocycles. The monoisotopic (exact) mass is 426 g/mol. The van der Waals surface area contributed by atoms with Crippen LogP contribution in [-0.2, 0) is 22.4 Å². The second-order valence-corrected chi connectivity index (χ2v) is 8.72. The Hall–Kier alpha value is -3.01. The van der Waals surface area contributed by atoms with Crippen molar-refractivity contribution in [2.45, 2.75) is 71.4 Å². The van der Waals surface area contributed by atoms with Gasteiger partial charge in [-0.25, -0.2) is 4.79 Å². The van der Waals surface area contributed by atoms with Crippen LogP contribution < -0.4 is 16.0 Å². The summed E-state index contributed by atoms with van der Waals surface area (Å²) in [6.45, 7) is 8.05. The van der Waals surface area contributed by atoms with E-state index in [9.17, 15) is 14.9 Å². The summed E-state index contributed by atoms with van der Waals surface area (Å²) in [5.41, 5.74) is 3.28. The first-order valence-electron chi connectivity index (χ1n) is 11.0. The molecule has 2 rings (SSSR count). The van der Waals surface area contributed by atoms with Gasteiger partial charge in [-0.05, 0) is 69.6 Å². The van der Waals surface area contributed by atoms with Crippen molar-refractivity contribution in [3.63, 3.8) is 0 Å². The topological polar surface area (TPSA) is 103 Å². The standard InChI is InChI=1S/C24H34N4O3/c1-5-21(19-11-10-17-8-6-7-9-18(17)14-19)28-22(29)20(15-25)16-26-12-13-27-23(30)31-24(2,3)4/h10-11,14,16,21,26H,5-9,12-13H2,1-4H3,(H,27,30)(H,28,29)/b20-16-. The molecule has 1 aliphatic carbocycles. The Morgan fingerprint density at radius 3 is 2.55 bits per heavy atom. The van der Waals surface area contributed by atoms with Gasteiger partial charge in [0.2, 0.25) is 0 Å². The molecule has 0 aliphatic heterocycles. The number of carbonyl (C=O) groups is 2. The molecule has 2 amide bonds. The summed E-state index contributed by atoms with van der Waals surface area (Å²) in [7, 11) is 0. The Kier molecular flexibility index (Phi) is 8.92. The molecule has 1 aromatic rings. The molecule has 0 radical (unpaired) electrons. The number of ether oxygens (including phenoxy) is 1. The van der Waals surface area contributed by atoms with Crippen molar-refractivity contribution in [2.24, 2.45) is 0 Å². The van der Waals surface area contributed by atoms with Crippen LogP contribution in [0.1, 0.15) is 69.7 Å². The van der Waals surface area contributed by atoms with E-state index in [4.69, 9.17) is 4.74 Å². The fourth-order valence-corrected chi connectivity index (χ4v) is 3.50. The Morgan fingerprint density at radius 2 is 1.90 bits per heavy atom. The van der Waals surface area contributed by atoms with E-state index < -0.39 is 17.6 Å². The van der Waals surface area contributed by atoms with Gasteiger partial charge in [-0.2, -0.15) is 5.26 Å². The third kappa shape index (κ3) is 7.97. The van der Waals surface area contributed by atoms with Gasteiger partial charge in [-0.3, -0.25) is 4.79 Å². The molecule has 0 spiro atoms. The number of fused-ring (bicyclic) bond motifs is 1. The van der Waals surface area contributed by atoms with E-state index in [1.807, 2.05) is 13.0 Å². The molecule has 0 fully saturated rings. The Labute approximate surface area is 185 Å². The van der Waals surface area contributed by atoms with E-state index in [0.717, 1.165) is 24.8 Å². The third-order valence-electron chi connectivity index (χ3n) is 5.04. The van der Waals surface area contributed by atoms with Crippen LogP contribution in [0.15, 0.2) is 30.0 Å². The van der Waals surface area contributed by atoms with Crippen LogP contribution in [0.3, 0.4) is 0 Å². The normalized spacial score (nSPS) is 14.6. The molecule has 1 atom stereocenters. The predicted octanol–water partition coefficient (Wildman–Crippen LogP) is 3.65. The van der Waals surface area contributed by atoms with Gasteiger partial charge in [0.15, 0.2) is 0 Å². The maximum absolute atomic E-state index is 12.6. The summed E-state index contributed by atoms with van der Waals surface area (Å²) in [6, 6.07) is 8.23. The molecule has 0 saturated carbocycles. The molecule has 0 bridgehead atoms. The number of hydrogen-bond acceptors (Lipinski definition) is 5. The number of benzene rings is 1. The first-order valence-corrected chi connectivity index (χ1v) is 11.0. The van der Waals surface area contributed by atoms with Gasteiger partial charge >= 0.3 is 6.09 Å². The smallest absolute Gasteiger partial charge is 0.407 e. The van der Waals surface area contributed by atoms with Crippen molar-refractivity contribution < 1.29 is 14.3 Å². The summed E-state index contributed by atoms with van der Waals surface area (Å²) in [6.07, 6.45) is 6.24. The molecule has 0 heterocycles. The van der Waals surface area contributed by atoms with Crippen LogP contribution in [0.5, 0.6) is 0 Å². The van der Waals surface area contributed by atoms with Crippen molar-refractivity contribution in [3.8, 4) is 6.07 Å². The summed E-state index contributed by atoms with van der Waals surface area (Å²) >= 11 is 0. The largest absolute Gasteiger partial charge is 0.444 e. The number of amides is 2. The number of nitriles is 1. The van der Waals surface area contributed by atoms with Crippen LogP contribution in [0, 0.1) is 11.3 Å². The molecule has 31 heavy (non-hydrogen) atoms. The van der Waals surface area contributed by atoms with Crippen molar-refractivity contribution in [3.05, 3.63) is 46.7 Å². The van der Waals surface area contributed by atoms with Gasteiger partial charge in [0.25, 0.3) is 5.91 Å². The minimum absolute atomic E-state index is 0.00585. The van der Waals surface area contributed by atoms with E-state index in [2.05, 4.69) is 34.1 Å². The predicted molar refractivity (Wildman–Crippen MR) is 120 cm³/mol. The van der Waals surface area contributed by atoms with Gasteiger partial charge in [0, 0.05) is 19.3 Å². The van der Waals surface area contributed by atoms with E-state index in [1.165, 1.54) is 30.2 Å². The lowest BCUT2D eigenvalue weighted by atomic mass is 9.88. The van der Waals surface area contributed by atoms with E-state index in [1.54, 1.807) is 20.8 Å². The summed E-state index contributed by atoms with van der Waals surface area (Å²) in [5.74, 6) is -0.417. The number of hydrogen-bond donors (Lipinski definition) is 3. The number of aryl methyl sites for hydroxylation is 2. The van der Waals surface area contributed by atoms with Crippen molar-refractivity contribution in [1.82, 2.24) is 16.0 Å². The maximum atomic E-state index is 12.6. The highest BCUT2D eigenvalue weighted by Gasteiger charge is 2.18. The fraction of sp³-hybridized carbons (Fsp3) is 0.542. The lowest BCUT2D eigenvalue weighted by Gasteiger charge is -2.21. The first kappa shape index (κ1) is 24.3. The van der Waals surface area contributed by atoms with Gasteiger partial charge < -0.3 is 20.7 Å². The zero-order valence-electron chi connectivity index (χ0n) is 19.0. The zero-order chi connectivity index (χ0) is 22.9. The van der Waals surface area contributed by atoms with Crippen molar-refractivity contribution in [2.75, 3.05) is 13.1 Å². The minimum atomic E-state index is -0.558. The maximum Gasteiger partial charge on any atom is 0.407 e. The van der Waals surface area contributed by atoms with E-state index in [-0.39, 0.29) is 11.6 Å². The molecule has 0 aromatic heterocycles. The average molecular weight is 427 g/mol. The second kappa shape index (κ2) is 11.4. The highest BCUT2D eigenvalue weighted by atomic mass is 16.6. The highest BCUT2D eigenvalue weighted by molar-refractivity contribution is 5.97. The third-order valence-corrected chi connectivity index (χ3v) is 5.04. The van der Waals surface area contributed by atoms with Crippen LogP contribution in [0.4, 0.5) is 4.79 Å². The van der Waals surface area contributed by atoms with E-state index in [0.29, 0.717) is 13.1 Å². The van der Waals surface area contributed by atoms with Gasteiger partial charge in [0.05, 0.1) is 6.04 Å². The Morgan fingerprint density at radius 1 is 1.19 bits per heavy atom. The summed E-state index contributed by atoms with van der Waals surface area (Å²) < 4.78 is 5.15. The highest BCUT2D eigenvalue weighted by Crippen LogP contribution is 2.26. The Balaban J connectivity index is 1.88. The van der Waals surface area contributed by atoms with Gasteiger partial charge in [-0.15, -0.1) is 0 Å². The SMILES string of the molecule is CCC(NC(=O)/C(C#N)=C\NCCNC(=O)OC(C)(C)C)c1ccc2c(c1)CCCC2. The molecule has 7 heteroatoms. The molecule has 3 N–H and O–H groups in total. The average Bonchev–Trinajstić information content (AvgIpc) is 2.72. The number of carbonyl (C=O) groups excluding carboxylic acids is 2. The summed E-state index contributed by atoms with van der Waals surface area (Å²) in [5, 5.41) is 17.8. The molecular weight excluding hydrogens is 392 g/mol. The number of rotatable bonds is 8. The first-order chi connectivity index (χ1) is 14.7. The summed E-state index contributed by atoms with van der Waals surface area (Å²) in [4.78, 5) is 24.2. The lowest BCUT2D eigenvalue weighted by Crippen LogP contribution is -2.36. The minimum Gasteiger partial charge on any atom is -0.444 e. The number of nitrogens with zero attached hydrogens (tertiary/aromatic N) is 1. The zero-order valence-corrected chi connectivity index (χ0v) is 19.0. The quantitative estimate of drug-likeness (QED) is 0.334. The molecule has 1 unspecified atom stereocenters. The van der Waals surface area contributed by atoms with Crippen LogP contribution in [-0.4, -0.2) is 30.7 Å². The molecule has 1 aliphatic rings.